The fourth-order valence-corrected chi connectivity index (χ4v) is 13.3. The molecule has 0 amide bonds. The number of aliphatic hydroxyl groups is 10. The van der Waals surface area contributed by atoms with Gasteiger partial charge < -0.3 is 70.0 Å². The minimum atomic E-state index is -1.75. The molecule has 6 fully saturated rings. The lowest BCUT2D eigenvalue weighted by molar-refractivity contribution is -0.378. The Kier molecular flexibility index (Phi) is 13.2. The molecule has 0 unspecified atom stereocenters. The second-order valence-electron chi connectivity index (χ2n) is 19.9. The molecular formula is C42H72O14. The highest BCUT2D eigenvalue weighted by atomic mass is 16.8. The van der Waals surface area contributed by atoms with Crippen molar-refractivity contribution in [3.8, 4) is 0 Å². The van der Waals surface area contributed by atoms with Crippen LogP contribution in [-0.2, 0) is 18.9 Å². The van der Waals surface area contributed by atoms with Crippen LogP contribution in [-0.4, -0.2) is 151 Å². The molecule has 0 radical (unpaired) electrons. The minimum absolute atomic E-state index is 0.00480. The molecule has 14 heteroatoms. The summed E-state index contributed by atoms with van der Waals surface area (Å²) >= 11 is 0. The highest BCUT2D eigenvalue weighted by Crippen LogP contribution is 2.75. The molecule has 0 aromatic heterocycles. The van der Waals surface area contributed by atoms with Crippen molar-refractivity contribution in [2.24, 2.45) is 44.8 Å². The number of hydrogen-bond donors (Lipinski definition) is 10. The van der Waals surface area contributed by atoms with E-state index >= 15 is 0 Å². The maximum absolute atomic E-state index is 12.2. The van der Waals surface area contributed by atoms with Crippen molar-refractivity contribution in [1.82, 2.24) is 0 Å². The van der Waals surface area contributed by atoms with Crippen LogP contribution in [0, 0.1) is 44.8 Å². The van der Waals surface area contributed by atoms with E-state index in [0.29, 0.717) is 25.2 Å². The number of ether oxygens (including phenoxy) is 4. The Balaban J connectivity index is 1.21. The van der Waals surface area contributed by atoms with Crippen molar-refractivity contribution in [3.63, 3.8) is 0 Å². The predicted octanol–water partition coefficient (Wildman–Crippen LogP) is 1.12. The van der Waals surface area contributed by atoms with Crippen LogP contribution in [0.15, 0.2) is 11.6 Å². The van der Waals surface area contributed by atoms with E-state index in [-0.39, 0.29) is 41.3 Å². The van der Waals surface area contributed by atoms with Crippen LogP contribution < -0.4 is 0 Å². The Labute approximate surface area is 331 Å². The fourth-order valence-electron chi connectivity index (χ4n) is 13.3. The van der Waals surface area contributed by atoms with Crippen molar-refractivity contribution in [2.45, 2.75) is 179 Å². The number of allylic oxidation sites excluding steroid dienone is 1. The number of aliphatic hydroxyl groups excluding tert-OH is 10. The number of rotatable bonds is 11. The molecule has 2 saturated heterocycles. The van der Waals surface area contributed by atoms with Crippen LogP contribution in [0.1, 0.15) is 106 Å². The molecule has 324 valence electrons. The van der Waals surface area contributed by atoms with E-state index < -0.39 is 97.7 Å². The molecule has 4 aliphatic carbocycles. The van der Waals surface area contributed by atoms with Crippen molar-refractivity contribution in [1.29, 1.82) is 0 Å². The van der Waals surface area contributed by atoms with Crippen LogP contribution in [0.25, 0.3) is 0 Å². The molecule has 14 nitrogen and oxygen atoms in total. The molecule has 6 rings (SSSR count). The van der Waals surface area contributed by atoms with Gasteiger partial charge in [0.05, 0.1) is 38.6 Å². The lowest BCUT2D eigenvalue weighted by Crippen LogP contribution is -2.68. The zero-order chi connectivity index (χ0) is 41.2. The summed E-state index contributed by atoms with van der Waals surface area (Å²) < 4.78 is 24.4. The molecule has 10 N–H and O–H groups in total. The Hall–Kier alpha value is -0.820. The van der Waals surface area contributed by atoms with Gasteiger partial charge in [-0.05, 0) is 111 Å². The smallest absolute Gasteiger partial charge is 0.187 e. The van der Waals surface area contributed by atoms with Gasteiger partial charge >= 0.3 is 0 Å². The van der Waals surface area contributed by atoms with E-state index in [2.05, 4.69) is 34.6 Å². The Bertz CT molecular complexity index is 1380. The first-order valence-corrected chi connectivity index (χ1v) is 21.1. The molecule has 4 saturated carbocycles. The second-order valence-corrected chi connectivity index (χ2v) is 19.9. The summed E-state index contributed by atoms with van der Waals surface area (Å²) in [5, 5.41) is 106. The fraction of sp³-hybridized carbons (Fsp3) is 0.952. The summed E-state index contributed by atoms with van der Waals surface area (Å²) in [7, 11) is 0. The SMILES string of the molecule is C/C(=C/CC[C@]1(CO)CC[C@]2(C)[C@H](CC[C@@H]3[C@@]4(C)CC[C@H](O[C@@H]5O[C@H](CO)[C@H](O)[C@H](O)[C@H]5O[C@@H]5O[C@H](CO)[C@@H](O)[C@H](O)[C@H]5O)C(C)(C)[C@@H]4CC[C@]32C)[C@H]1O)CO. The summed E-state index contributed by atoms with van der Waals surface area (Å²) in [6, 6.07) is 0. The molecule has 2 aliphatic heterocycles. The van der Waals surface area contributed by atoms with E-state index in [1.165, 1.54) is 0 Å². The van der Waals surface area contributed by atoms with E-state index in [9.17, 15) is 51.1 Å². The molecule has 0 aromatic carbocycles. The monoisotopic (exact) mass is 800 g/mol. The summed E-state index contributed by atoms with van der Waals surface area (Å²) in [5.41, 5.74) is -0.313. The van der Waals surface area contributed by atoms with Crippen LogP contribution in [0.4, 0.5) is 0 Å². The third kappa shape index (κ3) is 7.16. The molecule has 0 spiro atoms. The van der Waals surface area contributed by atoms with Gasteiger partial charge in [0.2, 0.25) is 0 Å². The summed E-state index contributed by atoms with van der Waals surface area (Å²) in [5.74, 6) is 0.671. The van der Waals surface area contributed by atoms with E-state index in [0.717, 1.165) is 50.5 Å². The first-order chi connectivity index (χ1) is 26.3. The Morgan fingerprint density at radius 1 is 0.661 bits per heavy atom. The molecule has 19 atom stereocenters. The van der Waals surface area contributed by atoms with Gasteiger partial charge in [-0.1, -0.05) is 46.3 Å². The average molecular weight is 801 g/mol. The van der Waals surface area contributed by atoms with Crippen LogP contribution in [0.2, 0.25) is 0 Å². The van der Waals surface area contributed by atoms with Gasteiger partial charge in [0, 0.05) is 5.41 Å². The largest absolute Gasteiger partial charge is 0.396 e. The normalized spacial score (nSPS) is 52.1. The van der Waals surface area contributed by atoms with Gasteiger partial charge in [0.25, 0.3) is 0 Å². The quantitative estimate of drug-likeness (QED) is 0.104. The lowest BCUT2D eigenvalue weighted by Gasteiger charge is -2.72. The van der Waals surface area contributed by atoms with Crippen LogP contribution >= 0.6 is 0 Å². The van der Waals surface area contributed by atoms with Gasteiger partial charge in [-0.15, -0.1) is 0 Å². The van der Waals surface area contributed by atoms with Crippen molar-refractivity contribution < 1.29 is 70.0 Å². The lowest BCUT2D eigenvalue weighted by atomic mass is 9.33. The average Bonchev–Trinajstić information content (AvgIpc) is 3.16. The molecule has 0 bridgehead atoms. The molecule has 56 heavy (non-hydrogen) atoms. The van der Waals surface area contributed by atoms with Gasteiger partial charge in [-0.3, -0.25) is 0 Å². The molecule has 0 aromatic rings. The highest BCUT2D eigenvalue weighted by molar-refractivity contribution is 5.18. The predicted molar refractivity (Wildman–Crippen MR) is 202 cm³/mol. The van der Waals surface area contributed by atoms with E-state index in [1.807, 2.05) is 13.0 Å². The van der Waals surface area contributed by atoms with Crippen LogP contribution in [0.5, 0.6) is 0 Å². The van der Waals surface area contributed by atoms with Gasteiger partial charge in [-0.25, -0.2) is 0 Å². The summed E-state index contributed by atoms with van der Waals surface area (Å²) in [6.45, 7) is 12.2. The third-order valence-corrected chi connectivity index (χ3v) is 17.0. The van der Waals surface area contributed by atoms with Gasteiger partial charge in [0.15, 0.2) is 12.6 Å². The van der Waals surface area contributed by atoms with Crippen LogP contribution in [0.3, 0.4) is 0 Å². The van der Waals surface area contributed by atoms with Crippen molar-refractivity contribution in [3.05, 3.63) is 11.6 Å². The Morgan fingerprint density at radius 3 is 1.93 bits per heavy atom. The maximum Gasteiger partial charge on any atom is 0.187 e. The van der Waals surface area contributed by atoms with Gasteiger partial charge in [-0.2, -0.15) is 0 Å². The zero-order valence-corrected chi connectivity index (χ0v) is 34.2. The van der Waals surface area contributed by atoms with E-state index in [1.54, 1.807) is 0 Å². The third-order valence-electron chi connectivity index (χ3n) is 17.0. The summed E-state index contributed by atoms with van der Waals surface area (Å²) in [4.78, 5) is 0. The highest BCUT2D eigenvalue weighted by Gasteiger charge is 2.70. The molecular weight excluding hydrogens is 728 g/mol. The van der Waals surface area contributed by atoms with Gasteiger partial charge in [0.1, 0.15) is 48.8 Å². The van der Waals surface area contributed by atoms with Crippen molar-refractivity contribution >= 4 is 0 Å². The first kappa shape index (κ1) is 44.7. The Morgan fingerprint density at radius 2 is 1.30 bits per heavy atom. The summed E-state index contributed by atoms with van der Waals surface area (Å²) in [6.07, 6.45) is -5.77. The number of fused-ring (bicyclic) bond motifs is 5. The van der Waals surface area contributed by atoms with E-state index in [4.69, 9.17) is 18.9 Å². The van der Waals surface area contributed by atoms with Crippen molar-refractivity contribution in [2.75, 3.05) is 26.4 Å². The standard InChI is InChI=1S/C42H72O14/c1-22(18-43)8-7-13-42(21-46)17-16-40(5)23(35(42)52)9-10-27-39(4)14-12-28(38(2,3)26(39)11-15-41(27,40)6)55-37-34(32(50)30(48)25(20-45)54-37)56-36-33(51)31(49)29(47)24(19-44)53-36/h8,23-37,43-52H,7,9-21H2,1-6H3/b22-8-/t23-,24-,25-,26+,27-,28+,29-,30+,31+,32+,33-,34-,35-,36+,37+,39+,40-,41-,42-/m1/s1. The minimum Gasteiger partial charge on any atom is -0.396 e. The maximum atomic E-state index is 12.2. The zero-order valence-electron chi connectivity index (χ0n) is 34.2. The second kappa shape index (κ2) is 16.6. The number of hydrogen-bond acceptors (Lipinski definition) is 14. The topological polar surface area (TPSA) is 239 Å². The molecule has 2 heterocycles. The first-order valence-electron chi connectivity index (χ1n) is 21.1. The molecule has 6 aliphatic rings.